The van der Waals surface area contributed by atoms with Crippen LogP contribution in [0, 0.1) is 5.92 Å². The fourth-order valence-electron chi connectivity index (χ4n) is 0.981. The Morgan fingerprint density at radius 2 is 2.25 bits per heavy atom. The molecule has 0 bridgehead atoms. The summed E-state index contributed by atoms with van der Waals surface area (Å²) in [5.74, 6) is 0.840. The van der Waals surface area contributed by atoms with Gasteiger partial charge < -0.3 is 5.73 Å². The van der Waals surface area contributed by atoms with E-state index in [-0.39, 0.29) is 0 Å². The summed E-state index contributed by atoms with van der Waals surface area (Å²) in [7, 11) is 0. The Hall–Kier alpha value is -0.110. The molecule has 0 saturated heterocycles. The number of hydrogen-bond donors (Lipinski definition) is 1. The minimum atomic E-state index is 0.690. The average Bonchev–Trinajstić information content (AvgIpc) is 1.55. The zero-order chi connectivity index (χ0) is 5.98. The lowest BCUT2D eigenvalue weighted by Crippen LogP contribution is -2.19. The van der Waals surface area contributed by atoms with Gasteiger partial charge in [0.05, 0.1) is 4.99 Å². The van der Waals surface area contributed by atoms with Crippen LogP contribution in [-0.2, 0) is 0 Å². The molecular formula is C6H11NS. The molecular weight excluding hydrogens is 118 g/mol. The Bertz CT molecular complexity index is 96.7. The maximum atomic E-state index is 5.33. The molecule has 0 aromatic rings. The van der Waals surface area contributed by atoms with Crippen molar-refractivity contribution in [1.29, 1.82) is 0 Å². The van der Waals surface area contributed by atoms with Crippen LogP contribution in [0.2, 0.25) is 0 Å². The van der Waals surface area contributed by atoms with E-state index in [0.717, 1.165) is 12.3 Å². The van der Waals surface area contributed by atoms with Crippen molar-refractivity contribution in [2.75, 3.05) is 0 Å². The first-order chi connectivity index (χ1) is 3.79. The first kappa shape index (κ1) is 6.02. The molecule has 1 aliphatic rings. The summed E-state index contributed by atoms with van der Waals surface area (Å²) in [6.45, 7) is 0. The van der Waals surface area contributed by atoms with Crippen LogP contribution in [0.5, 0.6) is 0 Å². The molecule has 2 N–H and O–H groups in total. The Kier molecular flexibility index (Phi) is 1.84. The maximum Gasteiger partial charge on any atom is 0.0730 e. The monoisotopic (exact) mass is 129 g/mol. The van der Waals surface area contributed by atoms with Gasteiger partial charge in [-0.05, 0) is 5.92 Å². The van der Waals surface area contributed by atoms with Gasteiger partial charge in [-0.3, -0.25) is 0 Å². The molecule has 0 heterocycles. The molecule has 0 amide bonds. The van der Waals surface area contributed by atoms with Crippen molar-refractivity contribution in [1.82, 2.24) is 0 Å². The highest BCUT2D eigenvalue weighted by Gasteiger charge is 2.17. The Labute approximate surface area is 55.3 Å². The molecule has 0 spiro atoms. The maximum absolute atomic E-state index is 5.33. The van der Waals surface area contributed by atoms with Crippen molar-refractivity contribution in [2.45, 2.75) is 25.7 Å². The predicted octanol–water partition coefficient (Wildman–Crippen LogP) is 1.46. The van der Waals surface area contributed by atoms with E-state index in [9.17, 15) is 0 Å². The number of nitrogens with two attached hydrogens (primary N) is 1. The predicted molar refractivity (Wildman–Crippen MR) is 38.7 cm³/mol. The largest absolute Gasteiger partial charge is 0.393 e. The first-order valence-corrected chi connectivity index (χ1v) is 3.48. The normalized spacial score (nSPS) is 20.0. The van der Waals surface area contributed by atoms with E-state index in [0.29, 0.717) is 4.99 Å². The lowest BCUT2D eigenvalue weighted by atomic mass is 9.83. The summed E-state index contributed by atoms with van der Waals surface area (Å²) in [4.78, 5) is 0.690. The molecule has 1 fully saturated rings. The zero-order valence-corrected chi connectivity index (χ0v) is 5.71. The van der Waals surface area contributed by atoms with Crippen molar-refractivity contribution in [2.24, 2.45) is 11.7 Å². The van der Waals surface area contributed by atoms with Crippen LogP contribution in [-0.4, -0.2) is 4.99 Å². The van der Waals surface area contributed by atoms with Crippen molar-refractivity contribution in [3.8, 4) is 0 Å². The minimum Gasteiger partial charge on any atom is -0.393 e. The molecule has 2 heteroatoms. The summed E-state index contributed by atoms with van der Waals surface area (Å²) in [5, 5.41) is 0. The van der Waals surface area contributed by atoms with E-state index in [2.05, 4.69) is 0 Å². The van der Waals surface area contributed by atoms with E-state index >= 15 is 0 Å². The van der Waals surface area contributed by atoms with Gasteiger partial charge >= 0.3 is 0 Å². The lowest BCUT2D eigenvalue weighted by Gasteiger charge is -2.24. The molecule has 1 rings (SSSR count). The van der Waals surface area contributed by atoms with Crippen LogP contribution in [0.3, 0.4) is 0 Å². The highest BCUT2D eigenvalue weighted by atomic mass is 32.1. The quantitative estimate of drug-likeness (QED) is 0.571. The Morgan fingerprint density at radius 3 is 2.38 bits per heavy atom. The second kappa shape index (κ2) is 2.44. The van der Waals surface area contributed by atoms with Gasteiger partial charge in [0.2, 0.25) is 0 Å². The van der Waals surface area contributed by atoms with Gasteiger partial charge in [-0.15, -0.1) is 0 Å². The van der Waals surface area contributed by atoms with Crippen molar-refractivity contribution in [3.05, 3.63) is 0 Å². The highest BCUT2D eigenvalue weighted by molar-refractivity contribution is 7.80. The van der Waals surface area contributed by atoms with E-state index in [1.165, 1.54) is 19.3 Å². The number of rotatable bonds is 2. The van der Waals surface area contributed by atoms with Gasteiger partial charge in [0.15, 0.2) is 0 Å². The van der Waals surface area contributed by atoms with Crippen molar-refractivity contribution in [3.63, 3.8) is 0 Å². The number of thiocarbonyl (C=S) groups is 1. The van der Waals surface area contributed by atoms with E-state index < -0.39 is 0 Å². The topological polar surface area (TPSA) is 26.0 Å². The van der Waals surface area contributed by atoms with Crippen LogP contribution >= 0.6 is 12.2 Å². The summed E-state index contributed by atoms with van der Waals surface area (Å²) in [6, 6.07) is 0. The molecule has 8 heavy (non-hydrogen) atoms. The van der Waals surface area contributed by atoms with Gasteiger partial charge in [0.25, 0.3) is 0 Å². The number of hydrogen-bond acceptors (Lipinski definition) is 1. The lowest BCUT2D eigenvalue weighted by molar-refractivity contribution is 0.327. The van der Waals surface area contributed by atoms with Crippen LogP contribution in [0.25, 0.3) is 0 Å². The Balaban J connectivity index is 2.09. The standard InChI is InChI=1S/C6H11NS/c7-6(8)4-5-2-1-3-5/h5H,1-4H2,(H2,7,8). The van der Waals surface area contributed by atoms with Gasteiger partial charge in [0, 0.05) is 6.42 Å². The highest BCUT2D eigenvalue weighted by Crippen LogP contribution is 2.28. The SMILES string of the molecule is NC(=S)CC1CCC1. The van der Waals surface area contributed by atoms with Gasteiger partial charge in [-0.25, -0.2) is 0 Å². The zero-order valence-electron chi connectivity index (χ0n) is 4.89. The van der Waals surface area contributed by atoms with Gasteiger partial charge in [-0.1, -0.05) is 31.5 Å². The molecule has 1 saturated carbocycles. The van der Waals surface area contributed by atoms with Gasteiger partial charge in [0.1, 0.15) is 0 Å². The molecule has 0 aromatic carbocycles. The summed E-state index contributed by atoms with van der Waals surface area (Å²) in [5.41, 5.74) is 5.33. The smallest absolute Gasteiger partial charge is 0.0730 e. The Morgan fingerprint density at radius 1 is 1.62 bits per heavy atom. The van der Waals surface area contributed by atoms with E-state index in [1.807, 2.05) is 0 Å². The fourth-order valence-corrected chi connectivity index (χ4v) is 1.22. The third-order valence-electron chi connectivity index (χ3n) is 1.71. The molecule has 0 aliphatic heterocycles. The van der Waals surface area contributed by atoms with Gasteiger partial charge in [-0.2, -0.15) is 0 Å². The third kappa shape index (κ3) is 1.44. The average molecular weight is 129 g/mol. The van der Waals surface area contributed by atoms with E-state index in [4.69, 9.17) is 18.0 Å². The van der Waals surface area contributed by atoms with E-state index in [1.54, 1.807) is 0 Å². The van der Waals surface area contributed by atoms with Crippen LogP contribution in [0.15, 0.2) is 0 Å². The molecule has 0 unspecified atom stereocenters. The minimum absolute atomic E-state index is 0.690. The summed E-state index contributed by atoms with van der Waals surface area (Å²) >= 11 is 4.75. The molecule has 0 atom stereocenters. The molecule has 0 aromatic heterocycles. The third-order valence-corrected chi connectivity index (χ3v) is 1.88. The van der Waals surface area contributed by atoms with Crippen LogP contribution in [0.1, 0.15) is 25.7 Å². The van der Waals surface area contributed by atoms with Crippen LogP contribution < -0.4 is 5.73 Å². The second-order valence-electron chi connectivity index (χ2n) is 2.47. The van der Waals surface area contributed by atoms with Crippen molar-refractivity contribution < 1.29 is 0 Å². The summed E-state index contributed by atoms with van der Waals surface area (Å²) < 4.78 is 0. The molecule has 1 nitrogen and oxygen atoms in total. The first-order valence-electron chi connectivity index (χ1n) is 3.07. The molecule has 46 valence electrons. The van der Waals surface area contributed by atoms with Crippen molar-refractivity contribution >= 4 is 17.2 Å². The molecule has 1 aliphatic carbocycles. The second-order valence-corrected chi connectivity index (χ2v) is 2.99. The molecule has 0 radical (unpaired) electrons. The fraction of sp³-hybridized carbons (Fsp3) is 0.833. The summed E-state index contributed by atoms with van der Waals surface area (Å²) in [6.07, 6.45) is 5.05. The van der Waals surface area contributed by atoms with Crippen LogP contribution in [0.4, 0.5) is 0 Å².